The van der Waals surface area contributed by atoms with Gasteiger partial charge in [-0.15, -0.1) is 0 Å². The minimum Gasteiger partial charge on any atom is -0.322 e. The molecule has 4 rings (SSSR count). The largest absolute Gasteiger partial charge is 0.322 e. The highest BCUT2D eigenvalue weighted by Crippen LogP contribution is 2.27. The lowest BCUT2D eigenvalue weighted by atomic mass is 10.0. The Balaban J connectivity index is 1.61. The molecule has 1 N–H and O–H groups in total. The summed E-state index contributed by atoms with van der Waals surface area (Å²) in [7, 11) is -3.90. The van der Waals surface area contributed by atoms with Crippen LogP contribution in [0, 0.1) is 12.7 Å². The number of hydrogen-bond acceptors (Lipinski definition) is 3. The first kappa shape index (κ1) is 21.5. The lowest BCUT2D eigenvalue weighted by molar-refractivity contribution is 0.102. The van der Waals surface area contributed by atoms with Crippen molar-refractivity contribution in [2.24, 2.45) is 0 Å². The number of rotatable bonds is 4. The highest BCUT2D eigenvalue weighted by atomic mass is 35.5. The van der Waals surface area contributed by atoms with E-state index in [0.717, 1.165) is 28.8 Å². The van der Waals surface area contributed by atoms with E-state index < -0.39 is 21.7 Å². The number of amides is 1. The van der Waals surface area contributed by atoms with Crippen LogP contribution in [-0.2, 0) is 23.0 Å². The first-order valence-corrected chi connectivity index (χ1v) is 11.5. The molecule has 31 heavy (non-hydrogen) atoms. The van der Waals surface area contributed by atoms with E-state index in [-0.39, 0.29) is 17.0 Å². The molecule has 5 nitrogen and oxygen atoms in total. The van der Waals surface area contributed by atoms with Crippen molar-refractivity contribution in [3.8, 4) is 0 Å². The van der Waals surface area contributed by atoms with E-state index in [9.17, 15) is 17.6 Å². The first-order chi connectivity index (χ1) is 14.8. The summed E-state index contributed by atoms with van der Waals surface area (Å²) in [4.78, 5) is 12.5. The number of carbonyl (C=O) groups is 1. The van der Waals surface area contributed by atoms with Gasteiger partial charge < -0.3 is 5.32 Å². The van der Waals surface area contributed by atoms with Gasteiger partial charge in [-0.2, -0.15) is 4.31 Å². The third-order valence-electron chi connectivity index (χ3n) is 5.35. The number of fused-ring (bicyclic) bond motifs is 1. The predicted octanol–water partition coefficient (Wildman–Crippen LogP) is 4.79. The maximum Gasteiger partial charge on any atom is 0.258 e. The molecule has 0 bridgehead atoms. The zero-order chi connectivity index (χ0) is 22.2. The Morgan fingerprint density at radius 2 is 1.81 bits per heavy atom. The van der Waals surface area contributed by atoms with E-state index >= 15 is 0 Å². The lowest BCUT2D eigenvalue weighted by Gasteiger charge is -2.28. The Morgan fingerprint density at radius 1 is 1.06 bits per heavy atom. The van der Waals surface area contributed by atoms with Gasteiger partial charge in [0.1, 0.15) is 5.82 Å². The van der Waals surface area contributed by atoms with E-state index in [0.29, 0.717) is 23.7 Å². The summed E-state index contributed by atoms with van der Waals surface area (Å²) in [6, 6.07) is 15.9. The highest BCUT2D eigenvalue weighted by molar-refractivity contribution is 7.89. The molecule has 0 radical (unpaired) electrons. The van der Waals surface area contributed by atoms with Crippen molar-refractivity contribution in [3.05, 3.63) is 93.8 Å². The summed E-state index contributed by atoms with van der Waals surface area (Å²) in [5, 5.41) is 3.02. The number of aryl methyl sites for hydroxylation is 1. The van der Waals surface area contributed by atoms with Crippen molar-refractivity contribution in [2.75, 3.05) is 11.9 Å². The van der Waals surface area contributed by atoms with Crippen LogP contribution in [0.25, 0.3) is 0 Å². The van der Waals surface area contributed by atoms with Crippen molar-refractivity contribution >= 4 is 33.2 Å². The second kappa shape index (κ2) is 8.42. The second-order valence-corrected chi connectivity index (χ2v) is 9.76. The third-order valence-corrected chi connectivity index (χ3v) is 7.59. The molecule has 0 spiro atoms. The molecule has 8 heteroatoms. The Labute approximate surface area is 185 Å². The van der Waals surface area contributed by atoms with E-state index in [4.69, 9.17) is 11.6 Å². The van der Waals surface area contributed by atoms with E-state index in [1.165, 1.54) is 10.4 Å². The standard InChI is InChI=1S/C23H20ClFN2O3S/c1-15-6-7-18(12-21(15)24)26-23(28)20-13-19(8-9-22(20)25)31(29,30)27-11-10-16-4-2-3-5-17(16)14-27/h2-9,12-13H,10-11,14H2,1H3,(H,26,28). The fourth-order valence-corrected chi connectivity index (χ4v) is 5.16. The van der Waals surface area contributed by atoms with Gasteiger partial charge in [-0.25, -0.2) is 12.8 Å². The van der Waals surface area contributed by atoms with Crippen LogP contribution in [0.5, 0.6) is 0 Å². The van der Waals surface area contributed by atoms with Crippen LogP contribution >= 0.6 is 11.6 Å². The number of hydrogen-bond donors (Lipinski definition) is 1. The zero-order valence-corrected chi connectivity index (χ0v) is 18.3. The van der Waals surface area contributed by atoms with Gasteiger partial charge in [0.2, 0.25) is 10.0 Å². The average molecular weight is 459 g/mol. The molecule has 1 amide bonds. The maximum atomic E-state index is 14.4. The van der Waals surface area contributed by atoms with E-state index in [2.05, 4.69) is 5.32 Å². The van der Waals surface area contributed by atoms with Gasteiger partial charge in [0.25, 0.3) is 5.91 Å². The van der Waals surface area contributed by atoms with Crippen molar-refractivity contribution in [3.63, 3.8) is 0 Å². The summed E-state index contributed by atoms with van der Waals surface area (Å²) in [6.07, 6.45) is 0.595. The topological polar surface area (TPSA) is 66.5 Å². The Kier molecular flexibility index (Phi) is 5.83. The van der Waals surface area contributed by atoms with Crippen molar-refractivity contribution in [2.45, 2.75) is 24.8 Å². The highest BCUT2D eigenvalue weighted by Gasteiger charge is 2.29. The van der Waals surface area contributed by atoms with Crippen molar-refractivity contribution in [1.82, 2.24) is 4.31 Å². The van der Waals surface area contributed by atoms with Crippen LogP contribution in [0.1, 0.15) is 27.0 Å². The van der Waals surface area contributed by atoms with Gasteiger partial charge in [-0.3, -0.25) is 4.79 Å². The van der Waals surface area contributed by atoms with Crippen LogP contribution < -0.4 is 5.32 Å². The molecular formula is C23H20ClFN2O3S. The zero-order valence-electron chi connectivity index (χ0n) is 16.7. The number of sulfonamides is 1. The molecule has 0 saturated carbocycles. The summed E-state index contributed by atoms with van der Waals surface area (Å²) < 4.78 is 42.1. The fraction of sp³-hybridized carbons (Fsp3) is 0.174. The van der Waals surface area contributed by atoms with E-state index in [1.54, 1.807) is 18.2 Å². The molecule has 3 aromatic rings. The smallest absolute Gasteiger partial charge is 0.258 e. The van der Waals surface area contributed by atoms with Crippen LogP contribution in [0.2, 0.25) is 5.02 Å². The summed E-state index contributed by atoms with van der Waals surface area (Å²) in [5.41, 5.74) is 2.93. The molecule has 3 aromatic carbocycles. The molecule has 1 aliphatic heterocycles. The number of nitrogens with zero attached hydrogens (tertiary/aromatic N) is 1. The number of nitrogens with one attached hydrogen (secondary N) is 1. The maximum absolute atomic E-state index is 14.4. The SMILES string of the molecule is Cc1ccc(NC(=O)c2cc(S(=O)(=O)N3CCc4ccccc4C3)ccc2F)cc1Cl. The molecule has 1 aliphatic rings. The molecule has 0 fully saturated rings. The van der Waals surface area contributed by atoms with Crippen LogP contribution in [0.4, 0.5) is 10.1 Å². The van der Waals surface area contributed by atoms with Gasteiger partial charge in [0, 0.05) is 23.8 Å². The number of halogens is 2. The van der Waals surface area contributed by atoms with Gasteiger partial charge in [-0.05, 0) is 60.4 Å². The van der Waals surface area contributed by atoms with E-state index in [1.807, 2.05) is 31.2 Å². The fourth-order valence-electron chi connectivity index (χ4n) is 3.53. The number of carbonyl (C=O) groups excluding carboxylic acids is 1. The normalized spacial score (nSPS) is 14.2. The minimum atomic E-state index is -3.90. The number of anilines is 1. The first-order valence-electron chi connectivity index (χ1n) is 9.70. The monoisotopic (exact) mass is 458 g/mol. The summed E-state index contributed by atoms with van der Waals surface area (Å²) in [5.74, 6) is -1.56. The van der Waals surface area contributed by atoms with Crippen LogP contribution in [0.15, 0.2) is 65.6 Å². The quantitative estimate of drug-likeness (QED) is 0.611. The molecule has 0 aromatic heterocycles. The summed E-state index contributed by atoms with van der Waals surface area (Å²) >= 11 is 6.07. The number of benzene rings is 3. The Bertz CT molecular complexity index is 1280. The molecule has 0 aliphatic carbocycles. The van der Waals surface area contributed by atoms with Crippen molar-refractivity contribution in [1.29, 1.82) is 0 Å². The van der Waals surface area contributed by atoms with Gasteiger partial charge in [0.05, 0.1) is 10.5 Å². The predicted molar refractivity (Wildman–Crippen MR) is 118 cm³/mol. The molecule has 0 unspecified atom stereocenters. The van der Waals surface area contributed by atoms with Crippen LogP contribution in [-0.4, -0.2) is 25.2 Å². The summed E-state index contributed by atoms with van der Waals surface area (Å²) in [6.45, 7) is 2.38. The molecule has 1 heterocycles. The van der Waals surface area contributed by atoms with Crippen LogP contribution in [0.3, 0.4) is 0 Å². The molecule has 160 valence electrons. The minimum absolute atomic E-state index is 0.125. The van der Waals surface area contributed by atoms with Crippen molar-refractivity contribution < 1.29 is 17.6 Å². The third kappa shape index (κ3) is 4.35. The molecule has 0 saturated heterocycles. The molecular weight excluding hydrogens is 439 g/mol. The van der Waals surface area contributed by atoms with Gasteiger partial charge in [0.15, 0.2) is 0 Å². The average Bonchev–Trinajstić information content (AvgIpc) is 2.76. The van der Waals surface area contributed by atoms with Gasteiger partial charge >= 0.3 is 0 Å². The second-order valence-electron chi connectivity index (χ2n) is 7.42. The molecule has 0 atom stereocenters. The van der Waals surface area contributed by atoms with Gasteiger partial charge in [-0.1, -0.05) is 41.9 Å². The Morgan fingerprint density at radius 3 is 2.55 bits per heavy atom. The lowest BCUT2D eigenvalue weighted by Crippen LogP contribution is -2.36. The Hall–Kier alpha value is -2.74.